The highest BCUT2D eigenvalue weighted by atomic mass is 19.1. The lowest BCUT2D eigenvalue weighted by Gasteiger charge is -2.33. The predicted molar refractivity (Wildman–Crippen MR) is 126 cm³/mol. The molecule has 1 saturated heterocycles. The molecular weight excluding hydrogens is 403 g/mol. The summed E-state index contributed by atoms with van der Waals surface area (Å²) in [5, 5.41) is 3.08. The fourth-order valence-corrected chi connectivity index (χ4v) is 4.04. The highest BCUT2D eigenvalue weighted by molar-refractivity contribution is 5.93. The van der Waals surface area contributed by atoms with Crippen LogP contribution < -0.4 is 10.2 Å². The topological polar surface area (TPSA) is 58.1 Å². The molecule has 2 aromatic carbocycles. The van der Waals surface area contributed by atoms with Crippen molar-refractivity contribution in [2.75, 3.05) is 23.3 Å². The molecule has 1 amide bonds. The van der Waals surface area contributed by atoms with Crippen LogP contribution in [0.4, 0.5) is 15.9 Å². The average Bonchev–Trinajstić information content (AvgIpc) is 2.84. The summed E-state index contributed by atoms with van der Waals surface area (Å²) in [5.41, 5.74) is 2.91. The van der Waals surface area contributed by atoms with E-state index in [1.54, 1.807) is 18.3 Å². The molecule has 1 aromatic heterocycles. The number of nitrogens with one attached hydrogen (secondary N) is 1. The van der Waals surface area contributed by atoms with E-state index in [9.17, 15) is 9.18 Å². The van der Waals surface area contributed by atoms with E-state index >= 15 is 0 Å². The first-order valence-electron chi connectivity index (χ1n) is 11.4. The molecule has 1 fully saturated rings. The second-order valence-electron chi connectivity index (χ2n) is 8.32. The number of aromatic nitrogens is 2. The number of unbranched alkanes of at least 4 members (excludes halogenated alkanes) is 1. The van der Waals surface area contributed by atoms with E-state index in [-0.39, 0.29) is 17.6 Å². The van der Waals surface area contributed by atoms with Crippen molar-refractivity contribution >= 4 is 17.4 Å². The maximum Gasteiger partial charge on any atom is 0.229 e. The SMILES string of the molecule is CCCCc1ccc(NC(=O)[C@@H]2CCCN(c3ccnc(-c4ccc(F)cc4)n3)C2)cc1. The molecule has 1 N–H and O–H groups in total. The molecule has 32 heavy (non-hydrogen) atoms. The molecule has 6 heteroatoms. The van der Waals surface area contributed by atoms with Gasteiger partial charge in [-0.3, -0.25) is 4.79 Å². The molecule has 166 valence electrons. The molecule has 0 unspecified atom stereocenters. The van der Waals surface area contributed by atoms with Gasteiger partial charge in [0.1, 0.15) is 11.6 Å². The Balaban J connectivity index is 1.40. The second kappa shape index (κ2) is 10.4. The van der Waals surface area contributed by atoms with Gasteiger partial charge in [-0.25, -0.2) is 14.4 Å². The van der Waals surface area contributed by atoms with Gasteiger partial charge in [-0.05, 0) is 73.7 Å². The number of rotatable bonds is 7. The van der Waals surface area contributed by atoms with Crippen molar-refractivity contribution in [2.45, 2.75) is 39.0 Å². The lowest BCUT2D eigenvalue weighted by atomic mass is 9.97. The number of carbonyl (C=O) groups excluding carboxylic acids is 1. The van der Waals surface area contributed by atoms with Gasteiger partial charge in [0, 0.05) is 30.5 Å². The summed E-state index contributed by atoms with van der Waals surface area (Å²) < 4.78 is 13.2. The van der Waals surface area contributed by atoms with Crippen molar-refractivity contribution in [3.8, 4) is 11.4 Å². The zero-order chi connectivity index (χ0) is 22.3. The van der Waals surface area contributed by atoms with E-state index in [1.165, 1.54) is 30.5 Å². The first kappa shape index (κ1) is 21.9. The summed E-state index contributed by atoms with van der Waals surface area (Å²) in [5.74, 6) is 0.997. The zero-order valence-electron chi connectivity index (χ0n) is 18.4. The van der Waals surface area contributed by atoms with Gasteiger partial charge in [0.25, 0.3) is 0 Å². The van der Waals surface area contributed by atoms with Crippen molar-refractivity contribution in [1.29, 1.82) is 0 Å². The number of hydrogen-bond acceptors (Lipinski definition) is 4. The Morgan fingerprint density at radius 3 is 2.66 bits per heavy atom. The Labute approximate surface area is 188 Å². The first-order chi connectivity index (χ1) is 15.6. The van der Waals surface area contributed by atoms with Crippen LogP contribution in [-0.2, 0) is 11.2 Å². The maximum absolute atomic E-state index is 13.2. The smallest absolute Gasteiger partial charge is 0.229 e. The Hall–Kier alpha value is -3.28. The number of nitrogens with zero attached hydrogens (tertiary/aromatic N) is 3. The van der Waals surface area contributed by atoms with Gasteiger partial charge in [-0.2, -0.15) is 0 Å². The number of aryl methyl sites for hydroxylation is 1. The van der Waals surface area contributed by atoms with Crippen LogP contribution in [0.1, 0.15) is 38.2 Å². The minimum Gasteiger partial charge on any atom is -0.356 e. The summed E-state index contributed by atoms with van der Waals surface area (Å²) >= 11 is 0. The van der Waals surface area contributed by atoms with E-state index < -0.39 is 0 Å². The van der Waals surface area contributed by atoms with Crippen LogP contribution in [-0.4, -0.2) is 29.0 Å². The molecule has 0 radical (unpaired) electrons. The molecule has 2 heterocycles. The summed E-state index contributed by atoms with van der Waals surface area (Å²) in [7, 11) is 0. The molecule has 4 rings (SSSR count). The molecule has 1 aliphatic heterocycles. The molecule has 0 bridgehead atoms. The standard InChI is InChI=1S/C26H29FN4O/c1-2-3-5-19-7-13-23(14-8-19)29-26(32)21-6-4-17-31(18-21)24-15-16-28-25(30-24)20-9-11-22(27)12-10-20/h7-16,21H,2-6,17-18H2,1H3,(H,29,32)/t21-/m1/s1. The number of amides is 1. The highest BCUT2D eigenvalue weighted by Crippen LogP contribution is 2.25. The number of carbonyl (C=O) groups is 1. The summed E-state index contributed by atoms with van der Waals surface area (Å²) in [6.45, 7) is 3.64. The van der Waals surface area contributed by atoms with Crippen molar-refractivity contribution in [1.82, 2.24) is 9.97 Å². The van der Waals surface area contributed by atoms with Crippen LogP contribution in [0.15, 0.2) is 60.8 Å². The fraction of sp³-hybridized carbons (Fsp3) is 0.346. The van der Waals surface area contributed by atoms with Crippen LogP contribution in [0.5, 0.6) is 0 Å². The van der Waals surface area contributed by atoms with E-state index in [1.807, 2.05) is 18.2 Å². The van der Waals surface area contributed by atoms with Gasteiger partial charge in [-0.1, -0.05) is 25.5 Å². The normalized spacial score (nSPS) is 16.1. The molecule has 3 aromatic rings. The summed E-state index contributed by atoms with van der Waals surface area (Å²) in [4.78, 5) is 24.0. The van der Waals surface area contributed by atoms with Gasteiger partial charge in [0.2, 0.25) is 5.91 Å². The fourth-order valence-electron chi connectivity index (χ4n) is 4.04. The van der Waals surface area contributed by atoms with Crippen molar-refractivity contribution in [3.63, 3.8) is 0 Å². The minimum atomic E-state index is -0.287. The molecule has 0 aliphatic carbocycles. The number of hydrogen-bond donors (Lipinski definition) is 1. The van der Waals surface area contributed by atoms with Gasteiger partial charge in [0.15, 0.2) is 5.82 Å². The first-order valence-corrected chi connectivity index (χ1v) is 11.4. The Kier molecular flexibility index (Phi) is 7.10. The number of halogens is 1. The number of anilines is 2. The highest BCUT2D eigenvalue weighted by Gasteiger charge is 2.27. The molecular formula is C26H29FN4O. The number of piperidine rings is 1. The summed E-state index contributed by atoms with van der Waals surface area (Å²) in [6.07, 6.45) is 6.91. The molecule has 1 atom stereocenters. The quantitative estimate of drug-likeness (QED) is 0.537. The van der Waals surface area contributed by atoms with Gasteiger partial charge in [0.05, 0.1) is 5.92 Å². The zero-order valence-corrected chi connectivity index (χ0v) is 18.4. The second-order valence-corrected chi connectivity index (χ2v) is 8.32. The van der Waals surface area contributed by atoms with E-state index in [0.29, 0.717) is 12.4 Å². The van der Waals surface area contributed by atoms with Gasteiger partial charge >= 0.3 is 0 Å². The average molecular weight is 433 g/mol. The van der Waals surface area contributed by atoms with E-state index in [0.717, 1.165) is 42.9 Å². The Morgan fingerprint density at radius 1 is 1.12 bits per heavy atom. The predicted octanol–water partition coefficient (Wildman–Crippen LogP) is 5.48. The number of benzene rings is 2. The largest absolute Gasteiger partial charge is 0.356 e. The van der Waals surface area contributed by atoms with E-state index in [2.05, 4.69) is 39.2 Å². The monoisotopic (exact) mass is 432 g/mol. The Morgan fingerprint density at radius 2 is 1.91 bits per heavy atom. The van der Waals surface area contributed by atoms with E-state index in [4.69, 9.17) is 0 Å². The molecule has 5 nitrogen and oxygen atoms in total. The van der Waals surface area contributed by atoms with Crippen LogP contribution in [0.25, 0.3) is 11.4 Å². The molecule has 1 aliphatic rings. The van der Waals surface area contributed by atoms with Crippen LogP contribution in [0, 0.1) is 11.7 Å². The minimum absolute atomic E-state index is 0.0452. The van der Waals surface area contributed by atoms with Gasteiger partial charge in [-0.15, -0.1) is 0 Å². The Bertz CT molecular complexity index is 1040. The van der Waals surface area contributed by atoms with Crippen LogP contribution >= 0.6 is 0 Å². The van der Waals surface area contributed by atoms with Crippen molar-refractivity contribution in [3.05, 3.63) is 72.2 Å². The molecule has 0 saturated carbocycles. The van der Waals surface area contributed by atoms with Crippen molar-refractivity contribution < 1.29 is 9.18 Å². The van der Waals surface area contributed by atoms with Crippen LogP contribution in [0.2, 0.25) is 0 Å². The third-order valence-corrected chi connectivity index (χ3v) is 5.90. The lowest BCUT2D eigenvalue weighted by molar-refractivity contribution is -0.120. The lowest BCUT2D eigenvalue weighted by Crippen LogP contribution is -2.41. The summed E-state index contributed by atoms with van der Waals surface area (Å²) in [6, 6.07) is 16.2. The van der Waals surface area contributed by atoms with Gasteiger partial charge < -0.3 is 10.2 Å². The van der Waals surface area contributed by atoms with Crippen molar-refractivity contribution in [2.24, 2.45) is 5.92 Å². The third-order valence-electron chi connectivity index (χ3n) is 5.90. The van der Waals surface area contributed by atoms with Crippen LogP contribution in [0.3, 0.4) is 0 Å². The third kappa shape index (κ3) is 5.49. The molecule has 0 spiro atoms. The maximum atomic E-state index is 13.2.